The number of carbonyl (C=O) groups is 1. The average molecular weight is 538 g/mol. The van der Waals surface area contributed by atoms with Crippen LogP contribution in [0.15, 0.2) is 65.1 Å². The van der Waals surface area contributed by atoms with Crippen molar-refractivity contribution >= 4 is 63.0 Å². The van der Waals surface area contributed by atoms with Gasteiger partial charge in [-0.1, -0.05) is 23.7 Å². The molecule has 0 saturated carbocycles. The molecule has 2 heterocycles. The first-order valence-electron chi connectivity index (χ1n) is 11.3. The number of aromatic nitrogens is 1. The monoisotopic (exact) mass is 537 g/mol. The van der Waals surface area contributed by atoms with Crippen LogP contribution in [0.2, 0.25) is 5.02 Å². The summed E-state index contributed by atoms with van der Waals surface area (Å²) in [6, 6.07) is 16.6. The number of halogens is 1. The van der Waals surface area contributed by atoms with Crippen LogP contribution in [0.5, 0.6) is 0 Å². The molecule has 0 atom stereocenters. The first-order valence-corrected chi connectivity index (χ1v) is 12.1. The summed E-state index contributed by atoms with van der Waals surface area (Å²) in [5.74, 6) is -0.179. The second kappa shape index (κ2) is 10.5. The molecule has 0 unspecified atom stereocenters. The number of nitrogens with one attached hydrogen (secondary N) is 2. The van der Waals surface area contributed by atoms with E-state index in [9.17, 15) is 14.9 Å². The highest BCUT2D eigenvalue weighted by atomic mass is 35.5. The Morgan fingerprint density at radius 3 is 2.65 bits per heavy atom. The summed E-state index contributed by atoms with van der Waals surface area (Å²) in [6.07, 6.45) is 0. The molecule has 1 aromatic heterocycles. The van der Waals surface area contributed by atoms with Crippen molar-refractivity contribution < 1.29 is 18.9 Å². The fraction of sp³-hybridized carbons (Fsp3) is 0.160. The number of non-ortho nitro benzene ring substituents is 1. The van der Waals surface area contributed by atoms with Crippen molar-refractivity contribution in [3.05, 3.63) is 81.4 Å². The summed E-state index contributed by atoms with van der Waals surface area (Å²) in [7, 11) is 0. The fourth-order valence-corrected chi connectivity index (χ4v) is 4.41. The van der Waals surface area contributed by atoms with Gasteiger partial charge >= 0.3 is 0 Å². The van der Waals surface area contributed by atoms with Crippen LogP contribution < -0.4 is 15.5 Å². The quantitative estimate of drug-likeness (QED) is 0.205. The number of oxazole rings is 1. The second-order valence-corrected chi connectivity index (χ2v) is 8.96. The second-order valence-electron chi connectivity index (χ2n) is 8.15. The van der Waals surface area contributed by atoms with Crippen LogP contribution >= 0.6 is 23.8 Å². The van der Waals surface area contributed by atoms with Gasteiger partial charge in [0.15, 0.2) is 10.7 Å². The number of benzene rings is 3. The number of hydrogen-bond donors (Lipinski definition) is 2. The van der Waals surface area contributed by atoms with Gasteiger partial charge in [0.05, 0.1) is 40.0 Å². The molecule has 10 nitrogen and oxygen atoms in total. The predicted octanol–water partition coefficient (Wildman–Crippen LogP) is 5.02. The van der Waals surface area contributed by atoms with Crippen LogP contribution in [0.3, 0.4) is 0 Å². The smallest absolute Gasteiger partial charge is 0.270 e. The minimum absolute atomic E-state index is 0.0265. The Morgan fingerprint density at radius 2 is 1.89 bits per heavy atom. The first kappa shape index (κ1) is 24.6. The molecule has 4 aromatic rings. The van der Waals surface area contributed by atoms with Gasteiger partial charge in [0.1, 0.15) is 5.52 Å². The van der Waals surface area contributed by atoms with Gasteiger partial charge in [-0.25, -0.2) is 4.98 Å². The fourth-order valence-electron chi connectivity index (χ4n) is 3.99. The summed E-state index contributed by atoms with van der Waals surface area (Å²) in [6.45, 7) is 2.13. The number of hydrogen-bond acceptors (Lipinski definition) is 8. The Balaban J connectivity index is 1.34. The molecule has 188 valence electrons. The predicted molar refractivity (Wildman–Crippen MR) is 144 cm³/mol. The van der Waals surface area contributed by atoms with E-state index in [1.165, 1.54) is 12.1 Å². The van der Waals surface area contributed by atoms with Crippen molar-refractivity contribution in [3.63, 3.8) is 0 Å². The minimum Gasteiger partial charge on any atom is -0.436 e. The van der Waals surface area contributed by atoms with E-state index < -0.39 is 10.8 Å². The number of carbonyl (C=O) groups excluding carboxylic acids is 1. The van der Waals surface area contributed by atoms with Crippen molar-refractivity contribution in [2.24, 2.45) is 0 Å². The van der Waals surface area contributed by atoms with Gasteiger partial charge in [0.2, 0.25) is 5.89 Å². The summed E-state index contributed by atoms with van der Waals surface area (Å²) in [5.41, 5.74) is 2.91. The third-order valence-electron chi connectivity index (χ3n) is 5.76. The zero-order valence-electron chi connectivity index (χ0n) is 19.3. The molecule has 5 rings (SSSR count). The van der Waals surface area contributed by atoms with Crippen LogP contribution in [0.25, 0.3) is 22.6 Å². The first-order chi connectivity index (χ1) is 17.9. The molecule has 0 radical (unpaired) electrons. The molecule has 3 aromatic carbocycles. The maximum Gasteiger partial charge on any atom is 0.270 e. The van der Waals surface area contributed by atoms with Gasteiger partial charge in [-0.3, -0.25) is 20.2 Å². The molecule has 1 aliphatic rings. The lowest BCUT2D eigenvalue weighted by atomic mass is 10.1. The number of fused-ring (bicyclic) bond motifs is 1. The maximum atomic E-state index is 13.1. The Bertz CT molecular complexity index is 1520. The highest BCUT2D eigenvalue weighted by molar-refractivity contribution is 7.80. The van der Waals surface area contributed by atoms with Crippen molar-refractivity contribution in [1.82, 2.24) is 10.3 Å². The number of rotatable bonds is 5. The molecule has 12 heteroatoms. The normalized spacial score (nSPS) is 13.4. The van der Waals surface area contributed by atoms with Gasteiger partial charge in [-0.2, -0.15) is 0 Å². The number of nitrogens with zero attached hydrogens (tertiary/aromatic N) is 3. The molecule has 2 N–H and O–H groups in total. The van der Waals surface area contributed by atoms with Crippen molar-refractivity contribution in [1.29, 1.82) is 0 Å². The van der Waals surface area contributed by atoms with Crippen LogP contribution in [0.4, 0.5) is 17.1 Å². The average Bonchev–Trinajstić information content (AvgIpc) is 3.32. The van der Waals surface area contributed by atoms with Gasteiger partial charge in [-0.05, 0) is 48.6 Å². The molecule has 1 aliphatic heterocycles. The topological polar surface area (TPSA) is 123 Å². The molecule has 37 heavy (non-hydrogen) atoms. The maximum absolute atomic E-state index is 13.1. The van der Waals surface area contributed by atoms with Crippen LogP contribution in [-0.4, -0.2) is 47.2 Å². The lowest BCUT2D eigenvalue weighted by Crippen LogP contribution is -2.39. The van der Waals surface area contributed by atoms with Crippen molar-refractivity contribution in [2.75, 3.05) is 36.5 Å². The Labute approximate surface area is 221 Å². The summed E-state index contributed by atoms with van der Waals surface area (Å²) in [4.78, 5) is 30.4. The van der Waals surface area contributed by atoms with Gasteiger partial charge in [0.25, 0.3) is 11.6 Å². The number of ether oxygens (including phenoxy) is 1. The number of morpholine rings is 1. The van der Waals surface area contributed by atoms with E-state index in [0.717, 1.165) is 0 Å². The largest absolute Gasteiger partial charge is 0.436 e. The van der Waals surface area contributed by atoms with E-state index in [4.69, 9.17) is 33.0 Å². The number of thiocarbonyl (C=S) groups is 1. The molecule has 0 aliphatic carbocycles. The number of nitro benzene ring substituents is 1. The lowest BCUT2D eigenvalue weighted by Gasteiger charge is -2.30. The van der Waals surface area contributed by atoms with Crippen LogP contribution in [0, 0.1) is 10.1 Å². The SMILES string of the molecule is O=C(NC(=S)Nc1ccc2oc(-c3ccccc3Cl)nc2c1)c1cc([N+](=O)[O-])ccc1N1CCOCC1. The van der Waals surface area contributed by atoms with E-state index in [-0.39, 0.29) is 16.4 Å². The summed E-state index contributed by atoms with van der Waals surface area (Å²) >= 11 is 11.6. The van der Waals surface area contributed by atoms with E-state index in [1.807, 2.05) is 23.1 Å². The summed E-state index contributed by atoms with van der Waals surface area (Å²) < 4.78 is 11.2. The van der Waals surface area contributed by atoms with Crippen molar-refractivity contribution in [3.8, 4) is 11.5 Å². The van der Waals surface area contributed by atoms with Crippen LogP contribution in [0.1, 0.15) is 10.4 Å². The Morgan fingerprint density at radius 1 is 1.11 bits per heavy atom. The Kier molecular flexibility index (Phi) is 6.99. The molecule has 0 bridgehead atoms. The van der Waals surface area contributed by atoms with E-state index >= 15 is 0 Å². The molecule has 1 saturated heterocycles. The standard InChI is InChI=1S/C25H20ClN5O5S/c26-19-4-2-1-3-17(19)24-28-20-13-15(5-8-22(20)36-24)27-25(37)29-23(32)18-14-16(31(33)34)6-7-21(18)30-9-11-35-12-10-30/h1-8,13-14H,9-12H2,(H2,27,29,32,37). The highest BCUT2D eigenvalue weighted by Gasteiger charge is 2.23. The summed E-state index contributed by atoms with van der Waals surface area (Å²) in [5, 5.41) is 17.4. The Hall–Kier alpha value is -4.06. The van der Waals surface area contributed by atoms with Crippen LogP contribution in [-0.2, 0) is 4.74 Å². The van der Waals surface area contributed by atoms with Gasteiger partial charge in [-0.15, -0.1) is 0 Å². The van der Waals surface area contributed by atoms with E-state index in [1.54, 1.807) is 30.3 Å². The van der Waals surface area contributed by atoms with E-state index in [2.05, 4.69) is 15.6 Å². The van der Waals surface area contributed by atoms with Gasteiger partial charge in [0, 0.05) is 30.9 Å². The number of nitro groups is 1. The third-order valence-corrected chi connectivity index (χ3v) is 6.30. The van der Waals surface area contributed by atoms with E-state index in [0.29, 0.717) is 65.3 Å². The zero-order valence-corrected chi connectivity index (χ0v) is 20.8. The zero-order chi connectivity index (χ0) is 25.9. The molecule has 0 spiro atoms. The van der Waals surface area contributed by atoms with Crippen molar-refractivity contribution in [2.45, 2.75) is 0 Å². The third kappa shape index (κ3) is 5.38. The van der Waals surface area contributed by atoms with Gasteiger partial charge < -0.3 is 19.4 Å². The lowest BCUT2D eigenvalue weighted by molar-refractivity contribution is -0.384. The molecule has 1 fully saturated rings. The molecular formula is C25H20ClN5O5S. The molecule has 1 amide bonds. The minimum atomic E-state index is -0.564. The highest BCUT2D eigenvalue weighted by Crippen LogP contribution is 2.31. The number of anilines is 2. The number of amides is 1. The molecular weight excluding hydrogens is 518 g/mol.